The number of aromatic nitrogens is 2. The van der Waals surface area contributed by atoms with Crippen molar-refractivity contribution < 1.29 is 4.74 Å². The molecule has 0 spiro atoms. The summed E-state index contributed by atoms with van der Waals surface area (Å²) in [5.41, 5.74) is 4.71. The molecular formula is C15H19BrN4O. The average Bonchev–Trinajstić information content (AvgIpc) is 2.40. The van der Waals surface area contributed by atoms with Crippen molar-refractivity contribution in [2.45, 2.75) is 33.1 Å². The van der Waals surface area contributed by atoms with E-state index < -0.39 is 0 Å². The molecule has 2 aromatic rings. The number of hydrogen-bond acceptors (Lipinski definition) is 5. The van der Waals surface area contributed by atoms with Gasteiger partial charge in [0.2, 0.25) is 5.88 Å². The molecule has 0 atom stereocenters. The lowest BCUT2D eigenvalue weighted by Gasteiger charge is -2.23. The fourth-order valence-corrected chi connectivity index (χ4v) is 2.36. The van der Waals surface area contributed by atoms with Crippen LogP contribution < -0.4 is 16.0 Å². The summed E-state index contributed by atoms with van der Waals surface area (Å²) in [6.07, 6.45) is 1.40. The van der Waals surface area contributed by atoms with E-state index in [1.807, 2.05) is 13.0 Å². The number of benzene rings is 1. The van der Waals surface area contributed by atoms with E-state index in [4.69, 9.17) is 10.6 Å². The highest BCUT2D eigenvalue weighted by Crippen LogP contribution is 2.37. The van der Waals surface area contributed by atoms with Crippen LogP contribution in [0.25, 0.3) is 0 Å². The minimum atomic E-state index is -0.0303. The van der Waals surface area contributed by atoms with Crippen LogP contribution in [-0.2, 0) is 5.41 Å². The molecule has 0 radical (unpaired) electrons. The Kier molecular flexibility index (Phi) is 4.49. The van der Waals surface area contributed by atoms with Gasteiger partial charge in [0.15, 0.2) is 5.82 Å². The van der Waals surface area contributed by atoms with Gasteiger partial charge in [0.1, 0.15) is 16.5 Å². The molecule has 21 heavy (non-hydrogen) atoms. The highest BCUT2D eigenvalue weighted by atomic mass is 79.9. The lowest BCUT2D eigenvalue weighted by Crippen LogP contribution is -2.13. The van der Waals surface area contributed by atoms with Crippen LogP contribution in [0.5, 0.6) is 11.6 Å². The Morgan fingerprint density at radius 2 is 1.95 bits per heavy atom. The Morgan fingerprint density at radius 1 is 1.24 bits per heavy atom. The van der Waals surface area contributed by atoms with Crippen LogP contribution in [0.4, 0.5) is 5.82 Å². The van der Waals surface area contributed by atoms with Crippen LogP contribution in [0.2, 0.25) is 0 Å². The molecule has 0 saturated carbocycles. The van der Waals surface area contributed by atoms with Crippen LogP contribution in [0, 0.1) is 6.92 Å². The van der Waals surface area contributed by atoms with Crippen LogP contribution in [0.1, 0.15) is 31.9 Å². The molecule has 112 valence electrons. The van der Waals surface area contributed by atoms with Crippen LogP contribution in [0.15, 0.2) is 29.0 Å². The van der Waals surface area contributed by atoms with E-state index in [0.29, 0.717) is 16.2 Å². The summed E-state index contributed by atoms with van der Waals surface area (Å²) in [7, 11) is 0. The van der Waals surface area contributed by atoms with Crippen molar-refractivity contribution in [3.63, 3.8) is 0 Å². The maximum atomic E-state index is 6.00. The van der Waals surface area contributed by atoms with E-state index >= 15 is 0 Å². The predicted octanol–water partition coefficient (Wildman–Crippen LogP) is 3.92. The average molecular weight is 351 g/mol. The normalized spacial score (nSPS) is 11.3. The van der Waals surface area contributed by atoms with Gasteiger partial charge in [0.05, 0.1) is 0 Å². The summed E-state index contributed by atoms with van der Waals surface area (Å²) in [5, 5.41) is 0. The third-order valence-electron chi connectivity index (χ3n) is 3.05. The second-order valence-corrected chi connectivity index (χ2v) is 6.63. The van der Waals surface area contributed by atoms with Gasteiger partial charge in [0, 0.05) is 5.56 Å². The van der Waals surface area contributed by atoms with Gasteiger partial charge in [-0.05, 0) is 39.9 Å². The fourth-order valence-electron chi connectivity index (χ4n) is 1.96. The third kappa shape index (κ3) is 3.51. The Morgan fingerprint density at radius 3 is 2.57 bits per heavy atom. The van der Waals surface area contributed by atoms with Crippen molar-refractivity contribution in [3.05, 3.63) is 40.1 Å². The first kappa shape index (κ1) is 15.7. The van der Waals surface area contributed by atoms with Gasteiger partial charge in [0.25, 0.3) is 0 Å². The molecule has 2 rings (SSSR count). The van der Waals surface area contributed by atoms with E-state index in [0.717, 1.165) is 16.9 Å². The SMILES string of the molecule is Cc1ccc(C(C)(C)C)c(Oc2ncnc(NN)c2Br)c1. The Bertz CT molecular complexity index is 653. The molecule has 1 aromatic carbocycles. The first-order valence-corrected chi connectivity index (χ1v) is 7.38. The number of rotatable bonds is 3. The Hall–Kier alpha value is -1.66. The minimum Gasteiger partial charge on any atom is -0.437 e. The summed E-state index contributed by atoms with van der Waals surface area (Å²) in [6, 6.07) is 6.17. The number of hydrazine groups is 1. The number of ether oxygens (including phenoxy) is 1. The Balaban J connectivity index is 2.47. The maximum absolute atomic E-state index is 6.00. The topological polar surface area (TPSA) is 73.1 Å². The molecule has 0 aliphatic carbocycles. The highest BCUT2D eigenvalue weighted by molar-refractivity contribution is 9.10. The summed E-state index contributed by atoms with van der Waals surface area (Å²) < 4.78 is 6.59. The maximum Gasteiger partial charge on any atom is 0.238 e. The van der Waals surface area contributed by atoms with E-state index in [9.17, 15) is 0 Å². The van der Waals surface area contributed by atoms with Crippen molar-refractivity contribution in [1.29, 1.82) is 0 Å². The minimum absolute atomic E-state index is 0.0303. The molecule has 0 aliphatic rings. The van der Waals surface area contributed by atoms with Crippen LogP contribution >= 0.6 is 15.9 Å². The van der Waals surface area contributed by atoms with Crippen molar-refractivity contribution >= 4 is 21.7 Å². The first-order chi connectivity index (χ1) is 9.82. The van der Waals surface area contributed by atoms with Gasteiger partial charge >= 0.3 is 0 Å². The van der Waals surface area contributed by atoms with Crippen molar-refractivity contribution in [2.75, 3.05) is 5.43 Å². The molecule has 6 heteroatoms. The van der Waals surface area contributed by atoms with Crippen LogP contribution in [-0.4, -0.2) is 9.97 Å². The van der Waals surface area contributed by atoms with Gasteiger partial charge < -0.3 is 10.2 Å². The number of halogens is 1. The van der Waals surface area contributed by atoms with E-state index in [1.54, 1.807) is 0 Å². The monoisotopic (exact) mass is 350 g/mol. The second-order valence-electron chi connectivity index (χ2n) is 5.84. The van der Waals surface area contributed by atoms with E-state index in [-0.39, 0.29) is 5.41 Å². The van der Waals surface area contributed by atoms with Gasteiger partial charge in [-0.2, -0.15) is 0 Å². The summed E-state index contributed by atoms with van der Waals surface area (Å²) in [5.74, 6) is 7.09. The molecule has 0 saturated heterocycles. The zero-order valence-electron chi connectivity index (χ0n) is 12.6. The lowest BCUT2D eigenvalue weighted by atomic mass is 9.86. The summed E-state index contributed by atoms with van der Waals surface area (Å²) in [4.78, 5) is 8.17. The third-order valence-corrected chi connectivity index (χ3v) is 3.76. The molecule has 0 unspecified atom stereocenters. The number of nitrogen functional groups attached to an aromatic ring is 1. The number of nitrogens with two attached hydrogens (primary N) is 1. The quantitative estimate of drug-likeness (QED) is 0.648. The predicted molar refractivity (Wildman–Crippen MR) is 87.5 cm³/mol. The van der Waals surface area contributed by atoms with Gasteiger partial charge in [-0.15, -0.1) is 0 Å². The highest BCUT2D eigenvalue weighted by Gasteiger charge is 2.20. The summed E-state index contributed by atoms with van der Waals surface area (Å²) >= 11 is 3.40. The second kappa shape index (κ2) is 5.99. The molecule has 0 bridgehead atoms. The van der Waals surface area contributed by atoms with Crippen molar-refractivity contribution in [3.8, 4) is 11.6 Å². The van der Waals surface area contributed by atoms with Crippen LogP contribution in [0.3, 0.4) is 0 Å². The molecule has 3 N–H and O–H groups in total. The van der Waals surface area contributed by atoms with Crippen molar-refractivity contribution in [1.82, 2.24) is 9.97 Å². The smallest absolute Gasteiger partial charge is 0.238 e. The molecular weight excluding hydrogens is 332 g/mol. The number of anilines is 1. The van der Waals surface area contributed by atoms with Gasteiger partial charge in [-0.3, -0.25) is 0 Å². The zero-order valence-corrected chi connectivity index (χ0v) is 14.2. The first-order valence-electron chi connectivity index (χ1n) is 6.59. The zero-order chi connectivity index (χ0) is 15.6. The number of aryl methyl sites for hydroxylation is 1. The molecule has 0 fully saturated rings. The van der Waals surface area contributed by atoms with Gasteiger partial charge in [-0.1, -0.05) is 32.9 Å². The summed E-state index contributed by atoms with van der Waals surface area (Å²) in [6.45, 7) is 8.46. The largest absolute Gasteiger partial charge is 0.437 e. The van der Waals surface area contributed by atoms with E-state index in [1.165, 1.54) is 6.33 Å². The molecule has 0 aliphatic heterocycles. The number of nitrogens with one attached hydrogen (secondary N) is 1. The van der Waals surface area contributed by atoms with Crippen molar-refractivity contribution in [2.24, 2.45) is 5.84 Å². The number of nitrogens with zero attached hydrogens (tertiary/aromatic N) is 2. The number of hydrogen-bond donors (Lipinski definition) is 2. The van der Waals surface area contributed by atoms with E-state index in [2.05, 4.69) is 64.2 Å². The Labute approximate surface area is 133 Å². The molecule has 0 amide bonds. The molecule has 1 aromatic heterocycles. The standard InChI is InChI=1S/C15H19BrN4O/c1-9-5-6-10(15(2,3)4)11(7-9)21-14-12(16)13(20-17)18-8-19-14/h5-8H,17H2,1-4H3,(H,18,19,20). The van der Waals surface area contributed by atoms with Gasteiger partial charge in [-0.25, -0.2) is 15.8 Å². The molecule has 5 nitrogen and oxygen atoms in total. The fraction of sp³-hybridized carbons (Fsp3) is 0.333. The lowest BCUT2D eigenvalue weighted by molar-refractivity contribution is 0.436. The molecule has 1 heterocycles.